The van der Waals surface area contributed by atoms with Gasteiger partial charge in [-0.25, -0.2) is 0 Å². The Morgan fingerprint density at radius 1 is 0.938 bits per heavy atom. The van der Waals surface area contributed by atoms with E-state index in [0.29, 0.717) is 6.42 Å². The smallest absolute Gasteiger partial charge is 0.318 e. The second-order valence-corrected chi connectivity index (χ2v) is 5.19. The Hall–Kier alpha value is -1.45. The summed E-state index contributed by atoms with van der Waals surface area (Å²) >= 11 is 0. The summed E-state index contributed by atoms with van der Waals surface area (Å²) in [7, 11) is 0. The molecule has 0 aromatic rings. The standard InChI is InChI=1S/C12H10O4/c13-7-3-6-4-1-2-5(8(6)7)10-9(4)11(14)16-12(10)15/h1-2,4-6,8-10H,3H2/t4-,5-,6+,8-,9+,10+/m0/s1. The number of ether oxygens (including phenoxy) is 1. The van der Waals surface area contributed by atoms with Crippen LogP contribution in [0.3, 0.4) is 0 Å². The van der Waals surface area contributed by atoms with Crippen LogP contribution in [0.25, 0.3) is 0 Å². The van der Waals surface area contributed by atoms with Gasteiger partial charge in [0.25, 0.3) is 0 Å². The first-order valence-electron chi connectivity index (χ1n) is 5.65. The fraction of sp³-hybridized carbons (Fsp3) is 0.583. The van der Waals surface area contributed by atoms with Gasteiger partial charge in [-0.1, -0.05) is 12.2 Å². The monoisotopic (exact) mass is 218 g/mol. The lowest BCUT2D eigenvalue weighted by molar-refractivity contribution is -0.154. The molecule has 2 saturated carbocycles. The first-order valence-corrected chi connectivity index (χ1v) is 5.65. The lowest BCUT2D eigenvalue weighted by Crippen LogP contribution is -2.58. The van der Waals surface area contributed by atoms with Gasteiger partial charge in [0.05, 0.1) is 11.8 Å². The van der Waals surface area contributed by atoms with E-state index in [1.807, 2.05) is 12.2 Å². The Morgan fingerprint density at radius 3 is 2.25 bits per heavy atom. The molecule has 82 valence electrons. The van der Waals surface area contributed by atoms with Crippen LogP contribution < -0.4 is 0 Å². The predicted octanol–water partition coefficient (Wildman–Crippen LogP) is 0.323. The lowest BCUT2D eigenvalue weighted by atomic mass is 9.46. The van der Waals surface area contributed by atoms with Crippen LogP contribution in [0.15, 0.2) is 12.2 Å². The second kappa shape index (κ2) is 2.44. The van der Waals surface area contributed by atoms with Crippen molar-refractivity contribution in [1.29, 1.82) is 0 Å². The first kappa shape index (κ1) is 8.67. The van der Waals surface area contributed by atoms with Crippen molar-refractivity contribution >= 4 is 17.7 Å². The molecule has 0 spiro atoms. The van der Waals surface area contributed by atoms with Crippen molar-refractivity contribution in [3.63, 3.8) is 0 Å². The van der Waals surface area contributed by atoms with E-state index in [4.69, 9.17) is 4.74 Å². The van der Waals surface area contributed by atoms with Crippen LogP contribution in [0.1, 0.15) is 6.42 Å². The van der Waals surface area contributed by atoms with E-state index in [1.54, 1.807) is 0 Å². The third-order valence-electron chi connectivity index (χ3n) is 4.70. The molecule has 0 amide bonds. The SMILES string of the molecule is O=C1OC(=O)[C@@H]2[C@H]3C=C[C@H]([C@@H]12)[C@@H]1C(=O)C[C@H]31. The van der Waals surface area contributed by atoms with Crippen LogP contribution >= 0.6 is 0 Å². The van der Waals surface area contributed by atoms with Crippen molar-refractivity contribution in [2.45, 2.75) is 6.42 Å². The van der Waals surface area contributed by atoms with E-state index in [0.717, 1.165) is 0 Å². The molecular weight excluding hydrogens is 208 g/mol. The van der Waals surface area contributed by atoms with Crippen LogP contribution in [0.2, 0.25) is 0 Å². The highest BCUT2D eigenvalue weighted by Crippen LogP contribution is 2.59. The van der Waals surface area contributed by atoms with E-state index in [2.05, 4.69) is 0 Å². The van der Waals surface area contributed by atoms with Gasteiger partial charge in [-0.15, -0.1) is 0 Å². The summed E-state index contributed by atoms with van der Waals surface area (Å²) in [5.41, 5.74) is 0. The lowest BCUT2D eigenvalue weighted by Gasteiger charge is -2.53. The molecule has 0 N–H and O–H groups in total. The van der Waals surface area contributed by atoms with Crippen LogP contribution in [0.4, 0.5) is 0 Å². The molecule has 4 aliphatic carbocycles. The van der Waals surface area contributed by atoms with E-state index in [-0.39, 0.29) is 47.3 Å². The third kappa shape index (κ3) is 0.740. The molecule has 4 nitrogen and oxygen atoms in total. The Bertz CT molecular complexity index is 464. The fourth-order valence-corrected chi connectivity index (χ4v) is 4.02. The van der Waals surface area contributed by atoms with Gasteiger partial charge in [-0.3, -0.25) is 14.4 Å². The number of carbonyl (C=O) groups is 3. The topological polar surface area (TPSA) is 60.4 Å². The first-order chi connectivity index (χ1) is 7.68. The number of allylic oxidation sites excluding steroid dienone is 2. The molecule has 0 aromatic heterocycles. The summed E-state index contributed by atoms with van der Waals surface area (Å²) in [5, 5.41) is 0. The Balaban J connectivity index is 1.84. The quantitative estimate of drug-likeness (QED) is 0.334. The van der Waals surface area contributed by atoms with E-state index >= 15 is 0 Å². The van der Waals surface area contributed by atoms with Crippen LogP contribution in [-0.2, 0) is 19.1 Å². The van der Waals surface area contributed by atoms with Crippen molar-refractivity contribution in [1.82, 2.24) is 0 Å². The summed E-state index contributed by atoms with van der Waals surface area (Å²) in [5.74, 6) is -1.02. The normalized spacial score (nSPS) is 52.1. The zero-order chi connectivity index (χ0) is 11.0. The van der Waals surface area contributed by atoms with E-state index in [9.17, 15) is 14.4 Å². The summed E-state index contributed by atoms with van der Waals surface area (Å²) in [6, 6.07) is 0. The predicted molar refractivity (Wildman–Crippen MR) is 50.8 cm³/mol. The summed E-state index contributed by atoms with van der Waals surface area (Å²) in [6.07, 6.45) is 4.53. The van der Waals surface area contributed by atoms with Crippen molar-refractivity contribution in [2.24, 2.45) is 35.5 Å². The highest BCUT2D eigenvalue weighted by atomic mass is 16.6. The summed E-state index contributed by atoms with van der Waals surface area (Å²) < 4.78 is 4.72. The van der Waals surface area contributed by atoms with Gasteiger partial charge >= 0.3 is 11.9 Å². The maximum atomic E-state index is 11.6. The molecule has 6 atom stereocenters. The number of hydrogen-bond donors (Lipinski definition) is 0. The van der Waals surface area contributed by atoms with Crippen molar-refractivity contribution < 1.29 is 19.1 Å². The molecule has 3 fully saturated rings. The molecule has 2 bridgehead atoms. The highest BCUT2D eigenvalue weighted by Gasteiger charge is 2.65. The average Bonchev–Trinajstić information content (AvgIpc) is 2.54. The molecule has 0 radical (unpaired) electrons. The van der Waals surface area contributed by atoms with E-state index < -0.39 is 5.97 Å². The molecule has 5 rings (SSSR count). The summed E-state index contributed by atoms with van der Waals surface area (Å²) in [4.78, 5) is 34.8. The number of esters is 2. The van der Waals surface area contributed by atoms with Crippen LogP contribution in [-0.4, -0.2) is 17.7 Å². The fourth-order valence-electron chi connectivity index (χ4n) is 4.02. The molecule has 4 heteroatoms. The van der Waals surface area contributed by atoms with Crippen LogP contribution in [0.5, 0.6) is 0 Å². The molecule has 0 aromatic carbocycles. The zero-order valence-corrected chi connectivity index (χ0v) is 8.46. The third-order valence-corrected chi connectivity index (χ3v) is 4.70. The number of carbonyl (C=O) groups excluding carboxylic acids is 3. The number of ketones is 1. The van der Waals surface area contributed by atoms with Gasteiger partial charge in [-0.05, 0) is 11.8 Å². The Kier molecular flexibility index (Phi) is 1.32. The molecule has 1 heterocycles. The maximum Gasteiger partial charge on any atom is 0.318 e. The Morgan fingerprint density at radius 2 is 1.56 bits per heavy atom. The van der Waals surface area contributed by atoms with Gasteiger partial charge in [0, 0.05) is 18.3 Å². The molecule has 1 saturated heterocycles. The molecule has 16 heavy (non-hydrogen) atoms. The number of hydrogen-bond acceptors (Lipinski definition) is 4. The Labute approximate surface area is 91.6 Å². The van der Waals surface area contributed by atoms with Gasteiger partial charge in [-0.2, -0.15) is 0 Å². The van der Waals surface area contributed by atoms with Gasteiger partial charge in [0.1, 0.15) is 5.78 Å². The zero-order valence-electron chi connectivity index (χ0n) is 8.46. The molecular formula is C12H10O4. The molecule has 5 aliphatic rings. The average molecular weight is 218 g/mol. The van der Waals surface area contributed by atoms with E-state index in [1.165, 1.54) is 0 Å². The highest BCUT2D eigenvalue weighted by molar-refractivity contribution is 6.00. The van der Waals surface area contributed by atoms with Crippen molar-refractivity contribution in [3.05, 3.63) is 12.2 Å². The van der Waals surface area contributed by atoms with Gasteiger partial charge < -0.3 is 4.74 Å². The number of cyclic esters (lactones) is 2. The number of Topliss-reactive ketones (excluding diaryl/α,β-unsaturated/α-hetero) is 1. The summed E-state index contributed by atoms with van der Waals surface area (Å²) in [6.45, 7) is 0. The van der Waals surface area contributed by atoms with Gasteiger partial charge in [0.15, 0.2) is 0 Å². The van der Waals surface area contributed by atoms with Crippen molar-refractivity contribution in [2.75, 3.05) is 0 Å². The van der Waals surface area contributed by atoms with Gasteiger partial charge in [0.2, 0.25) is 0 Å². The number of rotatable bonds is 0. The minimum Gasteiger partial charge on any atom is -0.393 e. The molecule has 1 aliphatic heterocycles. The van der Waals surface area contributed by atoms with Crippen molar-refractivity contribution in [3.8, 4) is 0 Å². The largest absolute Gasteiger partial charge is 0.393 e. The minimum absolute atomic E-state index is 0.0188. The molecule has 0 unspecified atom stereocenters. The minimum atomic E-state index is -0.424. The van der Waals surface area contributed by atoms with Crippen LogP contribution in [0, 0.1) is 35.5 Å². The maximum absolute atomic E-state index is 11.6. The second-order valence-electron chi connectivity index (χ2n) is 5.19.